The first-order valence-electron chi connectivity index (χ1n) is 5.43. The molecule has 0 N–H and O–H groups in total. The zero-order valence-electron chi connectivity index (χ0n) is 9.86. The minimum Gasteiger partial charge on any atom is -0.296 e. The van der Waals surface area contributed by atoms with Gasteiger partial charge in [0.1, 0.15) is 6.17 Å². The van der Waals surface area contributed by atoms with Crippen molar-refractivity contribution < 1.29 is 4.84 Å². The van der Waals surface area contributed by atoms with Crippen LogP contribution in [0.1, 0.15) is 12.5 Å². The van der Waals surface area contributed by atoms with Crippen molar-refractivity contribution in [2.24, 2.45) is 0 Å². The van der Waals surface area contributed by atoms with Crippen molar-refractivity contribution in [1.29, 1.82) is 0 Å². The maximum Gasteiger partial charge on any atom is 0.325 e. The van der Waals surface area contributed by atoms with Crippen LogP contribution in [0.3, 0.4) is 0 Å². The summed E-state index contributed by atoms with van der Waals surface area (Å²) in [6.07, 6.45) is 1.08. The van der Waals surface area contributed by atoms with Crippen LogP contribution in [0, 0.1) is 0 Å². The standard InChI is InChI=1S/C12H20NOSi/c1-4-14-13(11-15(2)3)10-12-8-6-5-7-9-12/h5-9H,4,10-11H2,1-3H3/q+1. The predicted octanol–water partition coefficient (Wildman–Crippen LogP) is 2.73. The molecule has 0 fully saturated rings. The third-order valence-electron chi connectivity index (χ3n) is 2.01. The maximum absolute atomic E-state index is 5.62. The first-order chi connectivity index (χ1) is 7.22. The van der Waals surface area contributed by atoms with Crippen molar-refractivity contribution in [2.75, 3.05) is 12.8 Å². The summed E-state index contributed by atoms with van der Waals surface area (Å²) < 4.78 is 0. The number of benzene rings is 1. The molecule has 0 saturated heterocycles. The summed E-state index contributed by atoms with van der Waals surface area (Å²) in [4.78, 5) is 5.62. The number of hydrogen-bond donors (Lipinski definition) is 0. The minimum absolute atomic E-state index is 0.273. The van der Waals surface area contributed by atoms with Crippen LogP contribution in [0.15, 0.2) is 30.3 Å². The Kier molecular flexibility index (Phi) is 5.61. The number of rotatable bonds is 6. The molecule has 0 aliphatic carbocycles. The summed E-state index contributed by atoms with van der Waals surface area (Å²) in [5.41, 5.74) is 1.31. The molecule has 1 aromatic carbocycles. The molecule has 0 unspecified atom stereocenters. The van der Waals surface area contributed by atoms with E-state index in [2.05, 4.69) is 42.4 Å². The van der Waals surface area contributed by atoms with E-state index in [1.807, 2.05) is 13.0 Å². The summed E-state index contributed by atoms with van der Waals surface area (Å²) in [7, 11) is -0.273. The van der Waals surface area contributed by atoms with Crippen LogP contribution in [0.5, 0.6) is 0 Å². The fraction of sp³-hybridized carbons (Fsp3) is 0.500. The van der Waals surface area contributed by atoms with Gasteiger partial charge in [-0.15, -0.1) is 0 Å². The summed E-state index contributed by atoms with van der Waals surface area (Å²) in [5.74, 6) is 0. The molecule has 3 heteroatoms. The molecule has 0 amide bonds. The van der Waals surface area contributed by atoms with Gasteiger partial charge in [-0.2, -0.15) is 5.06 Å². The Morgan fingerprint density at radius 2 is 1.87 bits per heavy atom. The fourth-order valence-electron chi connectivity index (χ4n) is 1.47. The number of hydroxylamine groups is 2. The molecular formula is C12H20NOSi+. The van der Waals surface area contributed by atoms with Gasteiger partial charge in [-0.25, -0.2) is 0 Å². The van der Waals surface area contributed by atoms with Gasteiger partial charge in [-0.1, -0.05) is 30.3 Å². The van der Waals surface area contributed by atoms with Crippen LogP contribution < -0.4 is 0 Å². The second-order valence-corrected chi connectivity index (χ2v) is 6.64. The number of hydrogen-bond acceptors (Lipinski definition) is 2. The predicted molar refractivity (Wildman–Crippen MR) is 66.0 cm³/mol. The fourth-order valence-corrected chi connectivity index (χ4v) is 2.38. The average Bonchev–Trinajstić information content (AvgIpc) is 2.18. The van der Waals surface area contributed by atoms with Crippen LogP contribution in [0.2, 0.25) is 13.1 Å². The molecule has 1 aromatic rings. The largest absolute Gasteiger partial charge is 0.325 e. The Morgan fingerprint density at radius 3 is 2.40 bits per heavy atom. The van der Waals surface area contributed by atoms with E-state index in [1.54, 1.807) is 0 Å². The average molecular weight is 222 g/mol. The van der Waals surface area contributed by atoms with Crippen molar-refractivity contribution in [3.63, 3.8) is 0 Å². The maximum atomic E-state index is 5.62. The normalized spacial score (nSPS) is 10.7. The van der Waals surface area contributed by atoms with Crippen molar-refractivity contribution in [2.45, 2.75) is 26.6 Å². The Bertz CT molecular complexity index is 264. The lowest BCUT2D eigenvalue weighted by atomic mass is 10.2. The first-order valence-corrected chi connectivity index (χ1v) is 8.14. The zero-order chi connectivity index (χ0) is 11.1. The summed E-state index contributed by atoms with van der Waals surface area (Å²) >= 11 is 0. The minimum atomic E-state index is -0.273. The SMILES string of the molecule is CCON(Cc1ccccc1)C[Si+](C)C. The van der Waals surface area contributed by atoms with Crippen LogP contribution in [-0.2, 0) is 11.4 Å². The first kappa shape index (κ1) is 12.4. The lowest BCUT2D eigenvalue weighted by Crippen LogP contribution is -2.31. The van der Waals surface area contributed by atoms with E-state index < -0.39 is 0 Å². The van der Waals surface area contributed by atoms with Gasteiger partial charge in [-0.3, -0.25) is 4.84 Å². The van der Waals surface area contributed by atoms with Crippen molar-refractivity contribution >= 4 is 8.80 Å². The molecule has 0 aliphatic heterocycles. The van der Waals surface area contributed by atoms with E-state index in [1.165, 1.54) is 5.56 Å². The van der Waals surface area contributed by atoms with Crippen LogP contribution in [0.25, 0.3) is 0 Å². The van der Waals surface area contributed by atoms with E-state index in [9.17, 15) is 0 Å². The highest BCUT2D eigenvalue weighted by atomic mass is 28.3. The van der Waals surface area contributed by atoms with E-state index >= 15 is 0 Å². The highest BCUT2D eigenvalue weighted by Crippen LogP contribution is 2.05. The van der Waals surface area contributed by atoms with E-state index in [0.29, 0.717) is 0 Å². The van der Waals surface area contributed by atoms with Gasteiger partial charge < -0.3 is 0 Å². The third kappa shape index (κ3) is 5.11. The smallest absolute Gasteiger partial charge is 0.296 e. The topological polar surface area (TPSA) is 12.5 Å². The Hall–Kier alpha value is -0.643. The Morgan fingerprint density at radius 1 is 1.20 bits per heavy atom. The quantitative estimate of drug-likeness (QED) is 0.542. The van der Waals surface area contributed by atoms with Gasteiger partial charge in [-0.05, 0) is 12.5 Å². The molecule has 0 radical (unpaired) electrons. The molecular weight excluding hydrogens is 202 g/mol. The zero-order valence-corrected chi connectivity index (χ0v) is 10.9. The molecule has 0 aliphatic rings. The van der Waals surface area contributed by atoms with Crippen LogP contribution >= 0.6 is 0 Å². The Labute approximate surface area is 94.4 Å². The van der Waals surface area contributed by atoms with Gasteiger partial charge in [0.2, 0.25) is 0 Å². The van der Waals surface area contributed by atoms with E-state index in [0.717, 1.165) is 19.3 Å². The summed E-state index contributed by atoms with van der Waals surface area (Å²) in [6.45, 7) is 8.30. The van der Waals surface area contributed by atoms with Crippen molar-refractivity contribution in [3.8, 4) is 0 Å². The second-order valence-electron chi connectivity index (χ2n) is 3.91. The van der Waals surface area contributed by atoms with Crippen molar-refractivity contribution in [1.82, 2.24) is 5.06 Å². The third-order valence-corrected chi connectivity index (χ3v) is 2.99. The highest BCUT2D eigenvalue weighted by molar-refractivity contribution is 6.55. The van der Waals surface area contributed by atoms with Crippen molar-refractivity contribution in [3.05, 3.63) is 35.9 Å². The van der Waals surface area contributed by atoms with Crippen LogP contribution in [-0.4, -0.2) is 26.6 Å². The molecule has 0 spiro atoms. The molecule has 0 atom stereocenters. The molecule has 0 bridgehead atoms. The summed E-state index contributed by atoms with van der Waals surface area (Å²) in [6, 6.07) is 10.5. The molecule has 0 saturated carbocycles. The van der Waals surface area contributed by atoms with E-state index in [-0.39, 0.29) is 8.80 Å². The lowest BCUT2D eigenvalue weighted by molar-refractivity contribution is -0.149. The number of nitrogens with zero attached hydrogens (tertiary/aromatic N) is 1. The van der Waals surface area contributed by atoms with E-state index in [4.69, 9.17) is 4.84 Å². The highest BCUT2D eigenvalue weighted by Gasteiger charge is 2.18. The van der Waals surface area contributed by atoms with Gasteiger partial charge in [0.15, 0.2) is 0 Å². The van der Waals surface area contributed by atoms with Gasteiger partial charge in [0.05, 0.1) is 26.2 Å². The van der Waals surface area contributed by atoms with Gasteiger partial charge in [0.25, 0.3) is 0 Å². The molecule has 82 valence electrons. The van der Waals surface area contributed by atoms with Gasteiger partial charge in [0, 0.05) is 0 Å². The summed E-state index contributed by atoms with van der Waals surface area (Å²) in [5, 5.41) is 2.09. The molecule has 2 nitrogen and oxygen atoms in total. The molecule has 15 heavy (non-hydrogen) atoms. The Balaban J connectivity index is 2.50. The van der Waals surface area contributed by atoms with Gasteiger partial charge >= 0.3 is 8.80 Å². The molecule has 0 heterocycles. The molecule has 1 rings (SSSR count). The van der Waals surface area contributed by atoms with Crippen LogP contribution in [0.4, 0.5) is 0 Å². The monoisotopic (exact) mass is 222 g/mol. The second kappa shape index (κ2) is 6.77. The molecule has 0 aromatic heterocycles. The lowest BCUT2D eigenvalue weighted by Gasteiger charge is -2.18.